The number of ketones is 1. The van der Waals surface area contributed by atoms with Crippen LogP contribution in [0.4, 0.5) is 11.4 Å². The van der Waals surface area contributed by atoms with Crippen molar-refractivity contribution in [2.75, 3.05) is 12.0 Å². The van der Waals surface area contributed by atoms with Crippen molar-refractivity contribution in [2.24, 2.45) is 0 Å². The molecule has 3 aromatic rings. The van der Waals surface area contributed by atoms with Crippen LogP contribution in [0.5, 0.6) is 5.75 Å². The van der Waals surface area contributed by atoms with Gasteiger partial charge in [0.2, 0.25) is 0 Å². The van der Waals surface area contributed by atoms with Crippen LogP contribution in [0.2, 0.25) is 0 Å². The minimum atomic E-state index is -0.0361. The van der Waals surface area contributed by atoms with Gasteiger partial charge in [-0.1, -0.05) is 42.0 Å². The van der Waals surface area contributed by atoms with Gasteiger partial charge in [-0.05, 0) is 48.9 Å². The molecule has 26 heavy (non-hydrogen) atoms. The second-order valence-electron chi connectivity index (χ2n) is 6.64. The van der Waals surface area contributed by atoms with Gasteiger partial charge in [-0.15, -0.1) is 0 Å². The summed E-state index contributed by atoms with van der Waals surface area (Å²) < 4.78 is 5.28. The van der Waals surface area contributed by atoms with Crippen molar-refractivity contribution in [3.8, 4) is 5.75 Å². The van der Waals surface area contributed by atoms with Gasteiger partial charge < -0.3 is 9.64 Å². The van der Waals surface area contributed by atoms with E-state index in [2.05, 4.69) is 36.1 Å². The first-order valence-electron chi connectivity index (χ1n) is 8.79. The zero-order chi connectivity index (χ0) is 18.1. The van der Waals surface area contributed by atoms with E-state index in [4.69, 9.17) is 4.74 Å². The molecule has 1 unspecified atom stereocenters. The van der Waals surface area contributed by atoms with E-state index in [0.717, 1.165) is 28.3 Å². The minimum Gasteiger partial charge on any atom is -0.497 e. The second-order valence-corrected chi connectivity index (χ2v) is 6.64. The SMILES string of the molecule is COc1ccc(C2CC(=O)c3ccccc3N2c2ccc(C)cc2)cc1. The van der Waals surface area contributed by atoms with E-state index >= 15 is 0 Å². The summed E-state index contributed by atoms with van der Waals surface area (Å²) in [5, 5.41) is 0. The molecule has 1 aliphatic heterocycles. The van der Waals surface area contributed by atoms with Crippen molar-refractivity contribution >= 4 is 17.2 Å². The molecule has 3 nitrogen and oxygen atoms in total. The topological polar surface area (TPSA) is 29.5 Å². The maximum absolute atomic E-state index is 12.8. The van der Waals surface area contributed by atoms with Crippen molar-refractivity contribution in [3.05, 3.63) is 89.5 Å². The Hall–Kier alpha value is -3.07. The number of benzene rings is 3. The fraction of sp³-hybridized carbons (Fsp3) is 0.174. The maximum Gasteiger partial charge on any atom is 0.167 e. The summed E-state index contributed by atoms with van der Waals surface area (Å²) in [6.07, 6.45) is 0.456. The molecule has 0 fully saturated rings. The lowest BCUT2D eigenvalue weighted by Crippen LogP contribution is -2.32. The Kier molecular flexibility index (Phi) is 4.21. The Morgan fingerprint density at radius 1 is 0.923 bits per heavy atom. The van der Waals surface area contributed by atoms with Crippen molar-refractivity contribution < 1.29 is 9.53 Å². The number of carbonyl (C=O) groups is 1. The summed E-state index contributed by atoms with van der Waals surface area (Å²) in [7, 11) is 1.66. The molecular weight excluding hydrogens is 322 g/mol. The lowest BCUT2D eigenvalue weighted by Gasteiger charge is -2.38. The third kappa shape index (κ3) is 2.86. The summed E-state index contributed by atoms with van der Waals surface area (Å²) in [5.41, 5.74) is 5.17. The maximum atomic E-state index is 12.8. The van der Waals surface area contributed by atoms with Crippen molar-refractivity contribution in [3.63, 3.8) is 0 Å². The van der Waals surface area contributed by atoms with Gasteiger partial charge in [0, 0.05) is 17.7 Å². The van der Waals surface area contributed by atoms with Crippen LogP contribution >= 0.6 is 0 Å². The highest BCUT2D eigenvalue weighted by atomic mass is 16.5. The lowest BCUT2D eigenvalue weighted by molar-refractivity contribution is 0.0968. The number of hydrogen-bond donors (Lipinski definition) is 0. The Morgan fingerprint density at radius 2 is 1.62 bits per heavy atom. The molecule has 3 heteroatoms. The number of aryl methyl sites for hydroxylation is 1. The molecule has 0 saturated carbocycles. The standard InChI is InChI=1S/C23H21NO2/c1-16-7-11-18(12-8-16)24-21-6-4-3-5-20(21)23(25)15-22(24)17-9-13-19(26-2)14-10-17/h3-14,22H,15H2,1-2H3. The summed E-state index contributed by atoms with van der Waals surface area (Å²) in [4.78, 5) is 15.0. The molecule has 0 N–H and O–H groups in total. The molecule has 0 spiro atoms. The van der Waals surface area contributed by atoms with Gasteiger partial charge in [0.05, 0.1) is 18.8 Å². The summed E-state index contributed by atoms with van der Waals surface area (Å²) in [6, 6.07) is 24.3. The Labute approximate surface area is 153 Å². The van der Waals surface area contributed by atoms with Gasteiger partial charge in [0.1, 0.15) is 5.75 Å². The molecule has 4 rings (SSSR count). The van der Waals surface area contributed by atoms with Gasteiger partial charge in [-0.3, -0.25) is 4.79 Å². The highest BCUT2D eigenvalue weighted by molar-refractivity contribution is 6.05. The summed E-state index contributed by atoms with van der Waals surface area (Å²) >= 11 is 0. The first kappa shape index (κ1) is 16.4. The normalized spacial score (nSPS) is 16.3. The quantitative estimate of drug-likeness (QED) is 0.631. The van der Waals surface area contributed by atoms with E-state index in [9.17, 15) is 4.79 Å². The largest absolute Gasteiger partial charge is 0.497 e. The average Bonchev–Trinajstić information content (AvgIpc) is 2.69. The van der Waals surface area contributed by atoms with E-state index in [1.807, 2.05) is 48.5 Å². The van der Waals surface area contributed by atoms with E-state index in [0.29, 0.717) is 6.42 Å². The number of hydrogen-bond acceptors (Lipinski definition) is 3. The molecule has 1 atom stereocenters. The Bertz CT molecular complexity index is 929. The highest BCUT2D eigenvalue weighted by Gasteiger charge is 2.33. The molecular formula is C23H21NO2. The summed E-state index contributed by atoms with van der Waals surface area (Å²) in [5.74, 6) is 1.00. The van der Waals surface area contributed by atoms with E-state index in [1.165, 1.54) is 5.56 Å². The van der Waals surface area contributed by atoms with Crippen LogP contribution in [-0.4, -0.2) is 12.9 Å². The van der Waals surface area contributed by atoms with Crippen molar-refractivity contribution in [1.82, 2.24) is 0 Å². The first-order chi connectivity index (χ1) is 12.7. The molecule has 0 amide bonds. The van der Waals surface area contributed by atoms with Crippen molar-refractivity contribution in [1.29, 1.82) is 0 Å². The van der Waals surface area contributed by atoms with Gasteiger partial charge in [0.15, 0.2) is 5.78 Å². The van der Waals surface area contributed by atoms with E-state index in [1.54, 1.807) is 7.11 Å². The molecule has 3 aromatic carbocycles. The molecule has 0 bridgehead atoms. The second kappa shape index (κ2) is 6.68. The van der Waals surface area contributed by atoms with E-state index in [-0.39, 0.29) is 11.8 Å². The van der Waals surface area contributed by atoms with Crippen LogP contribution in [0, 0.1) is 6.92 Å². The average molecular weight is 343 g/mol. The van der Waals surface area contributed by atoms with Crippen LogP contribution in [0.1, 0.15) is 33.9 Å². The number of Topliss-reactive ketones (excluding diaryl/α,β-unsaturated/α-hetero) is 1. The predicted octanol–water partition coefficient (Wildman–Crippen LogP) is 5.47. The smallest absolute Gasteiger partial charge is 0.167 e. The number of rotatable bonds is 3. The highest BCUT2D eigenvalue weighted by Crippen LogP contribution is 2.43. The van der Waals surface area contributed by atoms with Crippen LogP contribution in [-0.2, 0) is 0 Å². The van der Waals surface area contributed by atoms with Gasteiger partial charge in [-0.25, -0.2) is 0 Å². The fourth-order valence-corrected chi connectivity index (χ4v) is 3.58. The zero-order valence-corrected chi connectivity index (χ0v) is 15.0. The van der Waals surface area contributed by atoms with Crippen LogP contribution in [0.25, 0.3) is 0 Å². The minimum absolute atomic E-state index is 0.0361. The van der Waals surface area contributed by atoms with Crippen molar-refractivity contribution in [2.45, 2.75) is 19.4 Å². The first-order valence-corrected chi connectivity index (χ1v) is 8.79. The van der Waals surface area contributed by atoms with Crippen LogP contribution in [0.15, 0.2) is 72.8 Å². The fourth-order valence-electron chi connectivity index (χ4n) is 3.58. The molecule has 1 aliphatic rings. The van der Waals surface area contributed by atoms with Gasteiger partial charge in [-0.2, -0.15) is 0 Å². The summed E-state index contributed by atoms with van der Waals surface area (Å²) in [6.45, 7) is 2.08. The molecule has 0 aliphatic carbocycles. The predicted molar refractivity (Wildman–Crippen MR) is 104 cm³/mol. The molecule has 1 heterocycles. The zero-order valence-electron chi connectivity index (χ0n) is 15.0. The number of methoxy groups -OCH3 is 1. The molecule has 0 saturated heterocycles. The van der Waals surface area contributed by atoms with Crippen LogP contribution in [0.3, 0.4) is 0 Å². The Morgan fingerprint density at radius 3 is 2.31 bits per heavy atom. The number of ether oxygens (including phenoxy) is 1. The number of nitrogens with zero attached hydrogens (tertiary/aromatic N) is 1. The molecule has 0 aromatic heterocycles. The number of anilines is 2. The van der Waals surface area contributed by atoms with Gasteiger partial charge in [0.25, 0.3) is 0 Å². The van der Waals surface area contributed by atoms with E-state index < -0.39 is 0 Å². The van der Waals surface area contributed by atoms with Crippen LogP contribution < -0.4 is 9.64 Å². The molecule has 0 radical (unpaired) electrons. The lowest BCUT2D eigenvalue weighted by atomic mass is 9.89. The number of carbonyl (C=O) groups excluding carboxylic acids is 1. The number of fused-ring (bicyclic) bond motifs is 1. The third-order valence-corrected chi connectivity index (χ3v) is 4.97. The number of para-hydroxylation sites is 1. The Balaban J connectivity index is 1.85. The monoisotopic (exact) mass is 343 g/mol. The third-order valence-electron chi connectivity index (χ3n) is 4.97. The molecule has 130 valence electrons. The van der Waals surface area contributed by atoms with Gasteiger partial charge >= 0.3 is 0 Å².